The highest BCUT2D eigenvalue weighted by Gasteiger charge is 2.32. The minimum Gasteiger partial charge on any atom is -0.475 e. The molecule has 1 aliphatic heterocycles. The summed E-state index contributed by atoms with van der Waals surface area (Å²) in [6.45, 7) is 4.09. The van der Waals surface area contributed by atoms with Crippen LogP contribution in [0.15, 0.2) is 72.8 Å². The van der Waals surface area contributed by atoms with Crippen LogP contribution in [0.4, 0.5) is 17.1 Å². The molecule has 0 spiro atoms. The summed E-state index contributed by atoms with van der Waals surface area (Å²) in [5, 5.41) is 0. The van der Waals surface area contributed by atoms with Crippen LogP contribution in [0.3, 0.4) is 0 Å². The molecular weight excluding hydrogens is 394 g/mol. The Balaban J connectivity index is 1.63. The van der Waals surface area contributed by atoms with Crippen molar-refractivity contribution in [3.8, 4) is 11.5 Å². The predicted octanol–water partition coefficient (Wildman–Crippen LogP) is 5.08. The van der Waals surface area contributed by atoms with E-state index in [2.05, 4.69) is 11.0 Å². The van der Waals surface area contributed by atoms with E-state index < -0.39 is 6.10 Å². The molecule has 0 bridgehead atoms. The first-order chi connectivity index (χ1) is 15.0. The Labute approximate surface area is 181 Å². The third-order valence-corrected chi connectivity index (χ3v) is 4.89. The number of nitrogens with zero attached hydrogens (tertiary/aromatic N) is 1. The smallest absolute Gasteiger partial charge is 0.351 e. The Morgan fingerprint density at radius 3 is 2.13 bits per heavy atom. The average molecular weight is 417 g/mol. The molecule has 1 fully saturated rings. The first-order valence-corrected chi connectivity index (χ1v) is 10.1. The zero-order chi connectivity index (χ0) is 21.8. The van der Waals surface area contributed by atoms with Crippen LogP contribution in [0, 0.1) is 6.92 Å². The molecule has 1 saturated heterocycles. The van der Waals surface area contributed by atoms with Crippen molar-refractivity contribution in [3.05, 3.63) is 78.4 Å². The molecule has 1 aliphatic rings. The van der Waals surface area contributed by atoms with Gasteiger partial charge < -0.3 is 19.1 Å². The van der Waals surface area contributed by atoms with Gasteiger partial charge in [-0.2, -0.15) is 0 Å². The highest BCUT2D eigenvalue weighted by atomic mass is 16.6. The molecule has 0 saturated carbocycles. The number of aryl methyl sites for hydroxylation is 1. The largest absolute Gasteiger partial charge is 0.475 e. The number of ether oxygens (including phenoxy) is 3. The van der Waals surface area contributed by atoms with E-state index in [0.717, 1.165) is 22.6 Å². The van der Waals surface area contributed by atoms with Crippen molar-refractivity contribution < 1.29 is 23.8 Å². The van der Waals surface area contributed by atoms with Gasteiger partial charge in [-0.25, -0.2) is 4.79 Å². The summed E-state index contributed by atoms with van der Waals surface area (Å²) in [6, 6.07) is 23.1. The fourth-order valence-electron chi connectivity index (χ4n) is 3.22. The molecule has 158 valence electrons. The first-order valence-electron chi connectivity index (χ1n) is 10.1. The van der Waals surface area contributed by atoms with Crippen LogP contribution >= 0.6 is 0 Å². The van der Waals surface area contributed by atoms with Crippen molar-refractivity contribution >= 4 is 29.0 Å². The maximum Gasteiger partial charge on any atom is 0.351 e. The van der Waals surface area contributed by atoms with Gasteiger partial charge in [0, 0.05) is 23.5 Å². The standard InChI is InChI=1S/C25H23NO5/c1-3-24(27)31-22-13-9-19(10-14-22)26(20-6-4-5-17(2)15-20)18-7-11-21(12-8-18)30-23-16-29-25(23)28/h4-15,23H,3,16H2,1-2H3. The molecule has 0 amide bonds. The highest BCUT2D eigenvalue weighted by Crippen LogP contribution is 2.36. The number of hydrogen-bond acceptors (Lipinski definition) is 6. The predicted molar refractivity (Wildman–Crippen MR) is 117 cm³/mol. The van der Waals surface area contributed by atoms with Gasteiger partial charge >= 0.3 is 11.9 Å². The lowest BCUT2D eigenvalue weighted by atomic mass is 10.1. The summed E-state index contributed by atoms with van der Waals surface area (Å²) < 4.78 is 15.7. The lowest BCUT2D eigenvalue weighted by Gasteiger charge is -2.27. The summed E-state index contributed by atoms with van der Waals surface area (Å²) in [4.78, 5) is 25.0. The van der Waals surface area contributed by atoms with Crippen LogP contribution in [-0.4, -0.2) is 24.6 Å². The van der Waals surface area contributed by atoms with Crippen molar-refractivity contribution in [2.24, 2.45) is 0 Å². The summed E-state index contributed by atoms with van der Waals surface area (Å²) >= 11 is 0. The number of carbonyl (C=O) groups is 2. The number of anilines is 3. The number of carbonyl (C=O) groups excluding carboxylic acids is 2. The second-order valence-corrected chi connectivity index (χ2v) is 7.23. The minimum atomic E-state index is -0.530. The van der Waals surface area contributed by atoms with Crippen molar-refractivity contribution in [2.75, 3.05) is 11.5 Å². The fraction of sp³-hybridized carbons (Fsp3) is 0.200. The van der Waals surface area contributed by atoms with Crippen molar-refractivity contribution in [1.82, 2.24) is 0 Å². The first kappa shape index (κ1) is 20.5. The molecule has 0 aromatic heterocycles. The molecule has 1 unspecified atom stereocenters. The van der Waals surface area contributed by atoms with Crippen LogP contribution in [0.1, 0.15) is 18.9 Å². The molecule has 3 aromatic rings. The summed E-state index contributed by atoms with van der Waals surface area (Å²) in [6.07, 6.45) is -0.207. The van der Waals surface area contributed by atoms with Crippen LogP contribution in [0.25, 0.3) is 0 Å². The van der Waals surface area contributed by atoms with E-state index in [1.54, 1.807) is 19.1 Å². The zero-order valence-electron chi connectivity index (χ0n) is 17.4. The molecule has 0 radical (unpaired) electrons. The molecule has 1 atom stereocenters. The summed E-state index contributed by atoms with van der Waals surface area (Å²) in [7, 11) is 0. The lowest BCUT2D eigenvalue weighted by Crippen LogP contribution is -2.44. The topological polar surface area (TPSA) is 65.1 Å². The molecule has 1 heterocycles. The molecule has 6 nitrogen and oxygen atoms in total. The van der Waals surface area contributed by atoms with Gasteiger partial charge in [0.15, 0.2) is 0 Å². The highest BCUT2D eigenvalue weighted by molar-refractivity contribution is 5.80. The van der Waals surface area contributed by atoms with E-state index in [4.69, 9.17) is 14.2 Å². The van der Waals surface area contributed by atoms with E-state index >= 15 is 0 Å². The van der Waals surface area contributed by atoms with Gasteiger partial charge in [0.05, 0.1) is 0 Å². The van der Waals surface area contributed by atoms with Crippen LogP contribution in [0.2, 0.25) is 0 Å². The lowest BCUT2D eigenvalue weighted by molar-refractivity contribution is -0.175. The van der Waals surface area contributed by atoms with Crippen LogP contribution in [-0.2, 0) is 14.3 Å². The van der Waals surface area contributed by atoms with Gasteiger partial charge in [-0.15, -0.1) is 0 Å². The minimum absolute atomic E-state index is 0.269. The van der Waals surface area contributed by atoms with E-state index in [-0.39, 0.29) is 18.5 Å². The van der Waals surface area contributed by atoms with Crippen LogP contribution < -0.4 is 14.4 Å². The molecule has 31 heavy (non-hydrogen) atoms. The number of rotatable bonds is 7. The summed E-state index contributed by atoms with van der Waals surface area (Å²) in [5.41, 5.74) is 3.97. The molecule has 0 aliphatic carbocycles. The zero-order valence-corrected chi connectivity index (χ0v) is 17.4. The van der Waals surface area contributed by atoms with Gasteiger partial charge in [0.2, 0.25) is 6.10 Å². The van der Waals surface area contributed by atoms with Crippen molar-refractivity contribution in [3.63, 3.8) is 0 Å². The second-order valence-electron chi connectivity index (χ2n) is 7.23. The molecule has 0 N–H and O–H groups in total. The Morgan fingerprint density at radius 2 is 1.61 bits per heavy atom. The van der Waals surface area contributed by atoms with Crippen LogP contribution in [0.5, 0.6) is 11.5 Å². The second kappa shape index (κ2) is 8.92. The maximum atomic E-state index is 11.6. The Bertz CT molecular complexity index is 1080. The SMILES string of the molecule is CCC(=O)Oc1ccc(N(c2ccc(OC3COC3=O)cc2)c2cccc(C)c2)cc1. The van der Waals surface area contributed by atoms with E-state index in [1.807, 2.05) is 61.5 Å². The Morgan fingerprint density at radius 1 is 0.968 bits per heavy atom. The molecular formula is C25H23NO5. The number of hydrogen-bond donors (Lipinski definition) is 0. The molecule has 6 heteroatoms. The van der Waals surface area contributed by atoms with Gasteiger partial charge in [0.25, 0.3) is 0 Å². The molecule has 3 aromatic carbocycles. The maximum absolute atomic E-state index is 11.6. The number of esters is 2. The normalized spacial score (nSPS) is 14.9. The van der Waals surface area contributed by atoms with E-state index in [1.165, 1.54) is 0 Å². The van der Waals surface area contributed by atoms with E-state index in [9.17, 15) is 9.59 Å². The fourth-order valence-corrected chi connectivity index (χ4v) is 3.22. The van der Waals surface area contributed by atoms with Gasteiger partial charge in [-0.3, -0.25) is 4.79 Å². The van der Waals surface area contributed by atoms with Crippen molar-refractivity contribution in [2.45, 2.75) is 26.4 Å². The van der Waals surface area contributed by atoms with E-state index in [0.29, 0.717) is 17.9 Å². The summed E-state index contributed by atoms with van der Waals surface area (Å²) in [5.74, 6) is 0.510. The van der Waals surface area contributed by atoms with Gasteiger partial charge in [-0.05, 0) is 73.2 Å². The third kappa shape index (κ3) is 4.69. The van der Waals surface area contributed by atoms with Gasteiger partial charge in [0.1, 0.15) is 18.1 Å². The quantitative estimate of drug-likeness (QED) is 0.394. The third-order valence-electron chi connectivity index (χ3n) is 4.89. The Hall–Kier alpha value is -3.80. The average Bonchev–Trinajstić information content (AvgIpc) is 2.78. The monoisotopic (exact) mass is 417 g/mol. The van der Waals surface area contributed by atoms with Gasteiger partial charge in [-0.1, -0.05) is 19.1 Å². The van der Waals surface area contributed by atoms with Crippen molar-refractivity contribution in [1.29, 1.82) is 0 Å². The number of cyclic esters (lactones) is 1. The molecule has 4 rings (SSSR count). The number of benzene rings is 3. The Kier molecular flexibility index (Phi) is 5.89.